The fraction of sp³-hybridized carbons (Fsp3) is 0.0714. The third-order valence-electron chi connectivity index (χ3n) is 2.39. The third-order valence-corrected chi connectivity index (χ3v) is 2.39. The predicted molar refractivity (Wildman–Crippen MR) is 67.9 cm³/mol. The fourth-order valence-electron chi connectivity index (χ4n) is 1.48. The molecule has 0 amide bonds. The van der Waals surface area contributed by atoms with Gasteiger partial charge < -0.3 is 9.94 Å². The van der Waals surface area contributed by atoms with E-state index < -0.39 is 0 Å². The molecule has 0 radical (unpaired) electrons. The van der Waals surface area contributed by atoms with E-state index in [1.807, 2.05) is 30.3 Å². The van der Waals surface area contributed by atoms with E-state index in [1.165, 1.54) is 0 Å². The summed E-state index contributed by atoms with van der Waals surface area (Å²) in [6.45, 7) is 0. The zero-order valence-corrected chi connectivity index (χ0v) is 9.54. The predicted octanol–water partition coefficient (Wildman–Crippen LogP) is 2.96. The van der Waals surface area contributed by atoms with Gasteiger partial charge in [0.25, 0.3) is 0 Å². The number of hydrogen-bond donors (Lipinski definition) is 0. The molecule has 0 unspecified atom stereocenters. The van der Waals surface area contributed by atoms with Gasteiger partial charge in [-0.15, -0.1) is 0 Å². The number of hydrogen-bond acceptors (Lipinski definition) is 2. The molecule has 0 atom stereocenters. The molecular formula is C14H13NO2. The van der Waals surface area contributed by atoms with Gasteiger partial charge >= 0.3 is 0 Å². The number of nitrogens with zero attached hydrogens (tertiary/aromatic N) is 1. The molecule has 86 valence electrons. The highest BCUT2D eigenvalue weighted by atomic mass is 16.5. The van der Waals surface area contributed by atoms with Crippen LogP contribution in [0.4, 0.5) is 5.69 Å². The van der Waals surface area contributed by atoms with Crippen LogP contribution in [0.3, 0.4) is 0 Å². The van der Waals surface area contributed by atoms with Crippen molar-refractivity contribution in [2.75, 3.05) is 7.11 Å². The van der Waals surface area contributed by atoms with Gasteiger partial charge in [-0.25, -0.2) is 0 Å². The normalized spacial score (nSPS) is 11.2. The second kappa shape index (κ2) is 5.16. The smallest absolute Gasteiger partial charge is 0.216 e. The fourth-order valence-corrected chi connectivity index (χ4v) is 1.48. The molecule has 0 saturated carbocycles. The van der Waals surface area contributed by atoms with Gasteiger partial charge in [0.15, 0.2) is 6.21 Å². The van der Waals surface area contributed by atoms with Crippen molar-refractivity contribution in [3.8, 4) is 5.75 Å². The maximum absolute atomic E-state index is 11.8. The van der Waals surface area contributed by atoms with Crippen molar-refractivity contribution < 1.29 is 9.48 Å². The van der Waals surface area contributed by atoms with Crippen LogP contribution in [0.25, 0.3) is 0 Å². The first kappa shape index (κ1) is 11.2. The Morgan fingerprint density at radius 1 is 1.00 bits per heavy atom. The third kappa shape index (κ3) is 2.84. The van der Waals surface area contributed by atoms with Crippen molar-refractivity contribution in [2.45, 2.75) is 0 Å². The molecular weight excluding hydrogens is 214 g/mol. The summed E-state index contributed by atoms with van der Waals surface area (Å²) in [5.74, 6) is 0.738. The van der Waals surface area contributed by atoms with Crippen LogP contribution in [0.2, 0.25) is 0 Å². The van der Waals surface area contributed by atoms with Crippen LogP contribution >= 0.6 is 0 Å². The van der Waals surface area contributed by atoms with Crippen LogP contribution in [0, 0.1) is 5.21 Å². The van der Waals surface area contributed by atoms with Gasteiger partial charge in [0.1, 0.15) is 5.75 Å². The summed E-state index contributed by atoms with van der Waals surface area (Å²) in [4.78, 5) is 0. The summed E-state index contributed by atoms with van der Waals surface area (Å²) < 4.78 is 5.88. The zero-order valence-electron chi connectivity index (χ0n) is 9.54. The molecule has 2 aromatic rings. The molecule has 0 saturated heterocycles. The van der Waals surface area contributed by atoms with E-state index in [-0.39, 0.29) is 0 Å². The van der Waals surface area contributed by atoms with E-state index in [0.29, 0.717) is 5.69 Å². The first-order chi connectivity index (χ1) is 8.29. The van der Waals surface area contributed by atoms with Crippen molar-refractivity contribution >= 4 is 11.9 Å². The van der Waals surface area contributed by atoms with E-state index >= 15 is 0 Å². The van der Waals surface area contributed by atoms with Gasteiger partial charge in [-0.05, 0) is 24.3 Å². The zero-order chi connectivity index (χ0) is 12.1. The van der Waals surface area contributed by atoms with Crippen LogP contribution in [0.15, 0.2) is 54.6 Å². The van der Waals surface area contributed by atoms with E-state index in [0.717, 1.165) is 16.1 Å². The van der Waals surface area contributed by atoms with Crippen LogP contribution in [0.1, 0.15) is 5.56 Å². The Bertz CT molecular complexity index is 504. The molecule has 0 aliphatic rings. The van der Waals surface area contributed by atoms with Crippen molar-refractivity contribution in [3.63, 3.8) is 0 Å². The first-order valence-corrected chi connectivity index (χ1v) is 5.30. The van der Waals surface area contributed by atoms with Crippen LogP contribution in [-0.4, -0.2) is 18.1 Å². The minimum Gasteiger partial charge on any atom is -0.618 e. The maximum atomic E-state index is 11.8. The minimum absolute atomic E-state index is 0.578. The van der Waals surface area contributed by atoms with Gasteiger partial charge in [0, 0.05) is 17.7 Å². The molecule has 3 nitrogen and oxygen atoms in total. The Balaban J connectivity index is 2.24. The second-order valence-electron chi connectivity index (χ2n) is 3.56. The SMILES string of the molecule is COc1ccc(/[N+]([O-])=C/c2ccccc2)cc1. The Morgan fingerprint density at radius 2 is 1.65 bits per heavy atom. The molecule has 0 aliphatic carbocycles. The summed E-state index contributed by atoms with van der Waals surface area (Å²) >= 11 is 0. The standard InChI is InChI=1S/C14H13NO2/c1-17-14-9-7-13(8-10-14)15(16)11-12-5-3-2-4-6-12/h2-11H,1H3/b15-11-. The highest BCUT2D eigenvalue weighted by Gasteiger charge is 2.01. The average molecular weight is 227 g/mol. The van der Waals surface area contributed by atoms with Crippen LogP contribution in [-0.2, 0) is 0 Å². The number of methoxy groups -OCH3 is 1. The second-order valence-corrected chi connectivity index (χ2v) is 3.56. The average Bonchev–Trinajstić information content (AvgIpc) is 2.40. The number of benzene rings is 2. The Hall–Kier alpha value is -2.29. The highest BCUT2D eigenvalue weighted by Crippen LogP contribution is 2.17. The van der Waals surface area contributed by atoms with E-state index in [2.05, 4.69) is 0 Å². The van der Waals surface area contributed by atoms with Crippen molar-refractivity contribution in [1.29, 1.82) is 0 Å². The summed E-state index contributed by atoms with van der Waals surface area (Å²) in [7, 11) is 1.60. The Labute approximate surface area is 100 Å². The van der Waals surface area contributed by atoms with Crippen molar-refractivity contribution in [1.82, 2.24) is 0 Å². The summed E-state index contributed by atoms with van der Waals surface area (Å²) in [5.41, 5.74) is 1.45. The lowest BCUT2D eigenvalue weighted by atomic mass is 10.2. The van der Waals surface area contributed by atoms with E-state index in [4.69, 9.17) is 4.74 Å². The monoisotopic (exact) mass is 227 g/mol. The summed E-state index contributed by atoms with van der Waals surface area (Å²) in [6, 6.07) is 16.5. The first-order valence-electron chi connectivity index (χ1n) is 5.30. The molecule has 2 aromatic carbocycles. The Kier molecular flexibility index (Phi) is 3.40. The number of rotatable bonds is 3. The van der Waals surface area contributed by atoms with Gasteiger partial charge in [0.2, 0.25) is 5.69 Å². The minimum atomic E-state index is 0.578. The van der Waals surface area contributed by atoms with Gasteiger partial charge in [-0.2, -0.15) is 4.74 Å². The molecule has 0 bridgehead atoms. The van der Waals surface area contributed by atoms with E-state index in [1.54, 1.807) is 37.6 Å². The molecule has 0 spiro atoms. The molecule has 0 heterocycles. The summed E-state index contributed by atoms with van der Waals surface area (Å²) in [6.07, 6.45) is 1.54. The highest BCUT2D eigenvalue weighted by molar-refractivity contribution is 5.76. The van der Waals surface area contributed by atoms with Crippen LogP contribution in [0.5, 0.6) is 5.75 Å². The molecule has 3 heteroatoms. The molecule has 0 aromatic heterocycles. The van der Waals surface area contributed by atoms with E-state index in [9.17, 15) is 5.21 Å². The largest absolute Gasteiger partial charge is 0.618 e. The van der Waals surface area contributed by atoms with Crippen LogP contribution < -0.4 is 4.74 Å². The lowest BCUT2D eigenvalue weighted by Crippen LogP contribution is -1.98. The maximum Gasteiger partial charge on any atom is 0.216 e. The molecule has 0 N–H and O–H groups in total. The lowest BCUT2D eigenvalue weighted by molar-refractivity contribution is -0.354. The quantitative estimate of drug-likeness (QED) is 0.350. The lowest BCUT2D eigenvalue weighted by Gasteiger charge is -2.04. The molecule has 17 heavy (non-hydrogen) atoms. The molecule has 0 aliphatic heterocycles. The summed E-state index contributed by atoms with van der Waals surface area (Å²) in [5, 5.41) is 11.8. The molecule has 0 fully saturated rings. The van der Waals surface area contributed by atoms with Gasteiger partial charge in [-0.1, -0.05) is 18.2 Å². The number of ether oxygens (including phenoxy) is 1. The molecule has 2 rings (SSSR count). The van der Waals surface area contributed by atoms with Gasteiger partial charge in [0.05, 0.1) is 7.11 Å². The topological polar surface area (TPSA) is 35.3 Å². The van der Waals surface area contributed by atoms with Crippen molar-refractivity contribution in [2.24, 2.45) is 0 Å². The van der Waals surface area contributed by atoms with Crippen molar-refractivity contribution in [3.05, 3.63) is 65.4 Å². The van der Waals surface area contributed by atoms with Gasteiger partial charge in [-0.3, -0.25) is 0 Å². The Morgan fingerprint density at radius 3 is 2.24 bits per heavy atom.